The standard InChI is InChI=1S/C11H16O3/c1-2-9-5-3-4-6-11(9)14-8-10(13)7-12/h3-6,10,12-13H,2,7-8H2,1H3. The van der Waals surface area contributed by atoms with Crippen molar-refractivity contribution in [1.29, 1.82) is 0 Å². The Bertz CT molecular complexity index is 273. The molecule has 1 unspecified atom stereocenters. The van der Waals surface area contributed by atoms with Crippen molar-refractivity contribution >= 4 is 0 Å². The molecule has 0 fully saturated rings. The lowest BCUT2D eigenvalue weighted by Gasteiger charge is -2.12. The predicted octanol–water partition coefficient (Wildman–Crippen LogP) is 0.981. The Morgan fingerprint density at radius 1 is 1.36 bits per heavy atom. The third kappa shape index (κ3) is 3.01. The molecule has 3 nitrogen and oxygen atoms in total. The molecule has 0 aliphatic carbocycles. The van der Waals surface area contributed by atoms with Crippen molar-refractivity contribution in [3.8, 4) is 5.75 Å². The summed E-state index contributed by atoms with van der Waals surface area (Å²) < 4.78 is 5.37. The molecule has 0 saturated heterocycles. The maximum atomic E-state index is 9.11. The van der Waals surface area contributed by atoms with Crippen LogP contribution in [-0.4, -0.2) is 29.5 Å². The third-order valence-corrected chi connectivity index (χ3v) is 2.00. The summed E-state index contributed by atoms with van der Waals surface area (Å²) in [7, 11) is 0. The van der Waals surface area contributed by atoms with Gasteiger partial charge in [0.15, 0.2) is 0 Å². The summed E-state index contributed by atoms with van der Waals surface area (Å²) >= 11 is 0. The van der Waals surface area contributed by atoms with Crippen molar-refractivity contribution in [2.45, 2.75) is 19.4 Å². The van der Waals surface area contributed by atoms with E-state index in [2.05, 4.69) is 0 Å². The molecular weight excluding hydrogens is 180 g/mol. The van der Waals surface area contributed by atoms with Gasteiger partial charge in [-0.3, -0.25) is 0 Å². The number of hydrogen-bond donors (Lipinski definition) is 2. The zero-order valence-corrected chi connectivity index (χ0v) is 8.31. The predicted molar refractivity (Wildman–Crippen MR) is 54.4 cm³/mol. The number of rotatable bonds is 5. The van der Waals surface area contributed by atoms with E-state index in [1.807, 2.05) is 31.2 Å². The van der Waals surface area contributed by atoms with Crippen molar-refractivity contribution in [2.75, 3.05) is 13.2 Å². The highest BCUT2D eigenvalue weighted by Crippen LogP contribution is 2.18. The highest BCUT2D eigenvalue weighted by Gasteiger charge is 2.05. The maximum Gasteiger partial charge on any atom is 0.122 e. The first-order valence-corrected chi connectivity index (χ1v) is 4.77. The SMILES string of the molecule is CCc1ccccc1OCC(O)CO. The van der Waals surface area contributed by atoms with E-state index in [9.17, 15) is 0 Å². The number of aryl methyl sites for hydroxylation is 1. The largest absolute Gasteiger partial charge is 0.491 e. The quantitative estimate of drug-likeness (QED) is 0.738. The number of benzene rings is 1. The molecule has 0 spiro atoms. The Morgan fingerprint density at radius 2 is 2.07 bits per heavy atom. The number of para-hydroxylation sites is 1. The third-order valence-electron chi connectivity index (χ3n) is 2.00. The molecule has 0 radical (unpaired) electrons. The van der Waals surface area contributed by atoms with E-state index in [0.717, 1.165) is 17.7 Å². The smallest absolute Gasteiger partial charge is 0.122 e. The molecule has 0 aromatic heterocycles. The number of aliphatic hydroxyl groups is 2. The Kier molecular flexibility index (Phi) is 4.43. The van der Waals surface area contributed by atoms with Gasteiger partial charge in [0.25, 0.3) is 0 Å². The molecule has 2 N–H and O–H groups in total. The minimum absolute atomic E-state index is 0.132. The van der Waals surface area contributed by atoms with Crippen LogP contribution in [0.4, 0.5) is 0 Å². The Balaban J connectivity index is 2.57. The summed E-state index contributed by atoms with van der Waals surface area (Å²) in [6.07, 6.45) is 0.0886. The van der Waals surface area contributed by atoms with E-state index < -0.39 is 6.10 Å². The monoisotopic (exact) mass is 196 g/mol. The first kappa shape index (κ1) is 11.0. The normalized spacial score (nSPS) is 12.5. The van der Waals surface area contributed by atoms with Gasteiger partial charge in [0.1, 0.15) is 18.5 Å². The summed E-state index contributed by atoms with van der Waals surface area (Å²) in [5, 5.41) is 17.7. The van der Waals surface area contributed by atoms with Crippen LogP contribution in [0.2, 0.25) is 0 Å². The molecule has 0 aliphatic rings. The van der Waals surface area contributed by atoms with Crippen LogP contribution in [0.5, 0.6) is 5.75 Å². The van der Waals surface area contributed by atoms with Crippen LogP contribution in [0, 0.1) is 0 Å². The minimum Gasteiger partial charge on any atom is -0.491 e. The van der Waals surface area contributed by atoms with Gasteiger partial charge in [-0.1, -0.05) is 25.1 Å². The van der Waals surface area contributed by atoms with E-state index in [-0.39, 0.29) is 13.2 Å². The first-order chi connectivity index (χ1) is 6.77. The fourth-order valence-corrected chi connectivity index (χ4v) is 1.18. The summed E-state index contributed by atoms with van der Waals surface area (Å²) in [6, 6.07) is 7.69. The Labute approximate surface area is 84.0 Å². The van der Waals surface area contributed by atoms with Gasteiger partial charge >= 0.3 is 0 Å². The zero-order chi connectivity index (χ0) is 10.4. The summed E-state index contributed by atoms with van der Waals surface area (Å²) in [5.41, 5.74) is 1.11. The van der Waals surface area contributed by atoms with E-state index >= 15 is 0 Å². The van der Waals surface area contributed by atoms with Crippen molar-refractivity contribution in [2.24, 2.45) is 0 Å². The van der Waals surface area contributed by atoms with Crippen molar-refractivity contribution in [3.05, 3.63) is 29.8 Å². The van der Waals surface area contributed by atoms with Gasteiger partial charge in [-0.2, -0.15) is 0 Å². The van der Waals surface area contributed by atoms with Crippen LogP contribution in [0.3, 0.4) is 0 Å². The average molecular weight is 196 g/mol. The molecule has 14 heavy (non-hydrogen) atoms. The second-order valence-electron chi connectivity index (χ2n) is 3.11. The van der Waals surface area contributed by atoms with Gasteiger partial charge in [0, 0.05) is 0 Å². The van der Waals surface area contributed by atoms with Crippen LogP contribution in [0.1, 0.15) is 12.5 Å². The molecule has 0 bridgehead atoms. The first-order valence-electron chi connectivity index (χ1n) is 4.77. The molecule has 1 atom stereocenters. The van der Waals surface area contributed by atoms with Gasteiger partial charge in [-0.25, -0.2) is 0 Å². The number of ether oxygens (including phenoxy) is 1. The van der Waals surface area contributed by atoms with Crippen LogP contribution >= 0.6 is 0 Å². The molecular formula is C11H16O3. The van der Waals surface area contributed by atoms with Crippen molar-refractivity contribution in [1.82, 2.24) is 0 Å². The van der Waals surface area contributed by atoms with E-state index in [1.54, 1.807) is 0 Å². The molecule has 0 amide bonds. The van der Waals surface area contributed by atoms with Crippen LogP contribution < -0.4 is 4.74 Å². The summed E-state index contributed by atoms with van der Waals surface area (Å²) in [4.78, 5) is 0. The zero-order valence-electron chi connectivity index (χ0n) is 8.31. The van der Waals surface area contributed by atoms with E-state index in [1.165, 1.54) is 0 Å². The van der Waals surface area contributed by atoms with Crippen molar-refractivity contribution in [3.63, 3.8) is 0 Å². The average Bonchev–Trinajstić information content (AvgIpc) is 2.26. The lowest BCUT2D eigenvalue weighted by Crippen LogP contribution is -2.21. The fourth-order valence-electron chi connectivity index (χ4n) is 1.18. The van der Waals surface area contributed by atoms with Gasteiger partial charge in [-0.05, 0) is 18.1 Å². The molecule has 1 rings (SSSR count). The number of hydrogen-bond acceptors (Lipinski definition) is 3. The van der Waals surface area contributed by atoms with Crippen LogP contribution in [0.15, 0.2) is 24.3 Å². The highest BCUT2D eigenvalue weighted by molar-refractivity contribution is 5.33. The molecule has 1 aromatic carbocycles. The van der Waals surface area contributed by atoms with Crippen molar-refractivity contribution < 1.29 is 14.9 Å². The lowest BCUT2D eigenvalue weighted by atomic mass is 10.1. The van der Waals surface area contributed by atoms with Gasteiger partial charge in [0.05, 0.1) is 6.61 Å². The molecule has 3 heteroatoms. The maximum absolute atomic E-state index is 9.11. The van der Waals surface area contributed by atoms with Gasteiger partial charge in [-0.15, -0.1) is 0 Å². The molecule has 1 aromatic rings. The Hall–Kier alpha value is -1.06. The molecule has 78 valence electrons. The molecule has 0 saturated carbocycles. The summed E-state index contributed by atoms with van der Waals surface area (Å²) in [6.45, 7) is 1.91. The van der Waals surface area contributed by atoms with E-state index in [4.69, 9.17) is 14.9 Å². The second kappa shape index (κ2) is 5.62. The highest BCUT2D eigenvalue weighted by atomic mass is 16.5. The Morgan fingerprint density at radius 3 is 2.71 bits per heavy atom. The fraction of sp³-hybridized carbons (Fsp3) is 0.455. The summed E-state index contributed by atoms with van der Waals surface area (Å²) in [5.74, 6) is 0.780. The van der Waals surface area contributed by atoms with E-state index in [0.29, 0.717) is 0 Å². The van der Waals surface area contributed by atoms with Gasteiger partial charge < -0.3 is 14.9 Å². The van der Waals surface area contributed by atoms with Gasteiger partial charge in [0.2, 0.25) is 0 Å². The minimum atomic E-state index is -0.806. The topological polar surface area (TPSA) is 49.7 Å². The van der Waals surface area contributed by atoms with Crippen LogP contribution in [-0.2, 0) is 6.42 Å². The second-order valence-corrected chi connectivity index (χ2v) is 3.11. The lowest BCUT2D eigenvalue weighted by molar-refractivity contribution is 0.0533. The molecule has 0 aliphatic heterocycles. The molecule has 0 heterocycles. The van der Waals surface area contributed by atoms with Crippen LogP contribution in [0.25, 0.3) is 0 Å². The number of aliphatic hydroxyl groups excluding tert-OH is 2.